The number of thiocarbonyl (C=S) groups is 1. The molecule has 1 aromatic carbocycles. The molecule has 0 unspecified atom stereocenters. The summed E-state index contributed by atoms with van der Waals surface area (Å²) < 4.78 is 0. The fourth-order valence-corrected chi connectivity index (χ4v) is 2.37. The lowest BCUT2D eigenvalue weighted by atomic mass is 10.1. The molecule has 0 amide bonds. The van der Waals surface area contributed by atoms with Gasteiger partial charge in [-0.25, -0.2) is 0 Å². The molecule has 2 rings (SSSR count). The molecule has 0 saturated carbocycles. The van der Waals surface area contributed by atoms with Crippen LogP contribution >= 0.6 is 12.2 Å². The molecule has 0 fully saturated rings. The quantitative estimate of drug-likeness (QED) is 0.741. The van der Waals surface area contributed by atoms with Gasteiger partial charge in [-0.1, -0.05) is 24.3 Å². The van der Waals surface area contributed by atoms with Crippen molar-refractivity contribution in [2.24, 2.45) is 0 Å². The molecule has 3 heteroatoms. The highest BCUT2D eigenvalue weighted by Gasteiger charge is 2.20. The molecule has 0 radical (unpaired) electrons. The van der Waals surface area contributed by atoms with Crippen LogP contribution in [0.25, 0.3) is 0 Å². The van der Waals surface area contributed by atoms with Crippen LogP contribution < -0.4 is 10.6 Å². The van der Waals surface area contributed by atoms with Crippen LogP contribution in [0.1, 0.15) is 18.1 Å². The summed E-state index contributed by atoms with van der Waals surface area (Å²) >= 11 is 5.18. The molecule has 0 atom stereocenters. The molecular weight excluding hydrogens is 204 g/mol. The molecule has 0 aliphatic heterocycles. The van der Waals surface area contributed by atoms with Gasteiger partial charge in [-0.2, -0.15) is 0 Å². The van der Waals surface area contributed by atoms with Crippen LogP contribution in [0, 0.1) is 0 Å². The fraction of sp³-hybridized carbons (Fsp3) is 0.417. The Hall–Kier alpha value is -1.09. The molecule has 80 valence electrons. The van der Waals surface area contributed by atoms with E-state index in [0.717, 1.165) is 24.5 Å². The Balaban J connectivity index is 1.93. The zero-order valence-electron chi connectivity index (χ0n) is 8.92. The highest BCUT2D eigenvalue weighted by Crippen LogP contribution is 2.21. The molecular formula is C12H16N2S. The first-order chi connectivity index (χ1) is 7.29. The van der Waals surface area contributed by atoms with Crippen LogP contribution in [0.2, 0.25) is 0 Å². The third kappa shape index (κ3) is 2.48. The molecule has 0 bridgehead atoms. The van der Waals surface area contributed by atoms with Gasteiger partial charge >= 0.3 is 0 Å². The average Bonchev–Trinajstić information content (AvgIpc) is 2.59. The van der Waals surface area contributed by atoms with Gasteiger partial charge in [0.05, 0.1) is 0 Å². The summed E-state index contributed by atoms with van der Waals surface area (Å²) in [5, 5.41) is 7.24. The monoisotopic (exact) mass is 220 g/mol. The van der Waals surface area contributed by atoms with E-state index in [9.17, 15) is 0 Å². The topological polar surface area (TPSA) is 24.1 Å². The van der Waals surface area contributed by atoms with Crippen molar-refractivity contribution in [2.45, 2.75) is 25.8 Å². The Labute approximate surface area is 96.1 Å². The van der Waals surface area contributed by atoms with Gasteiger partial charge in [-0.05, 0) is 43.1 Å². The van der Waals surface area contributed by atoms with E-state index >= 15 is 0 Å². The normalized spacial score (nSPS) is 14.7. The first-order valence-corrected chi connectivity index (χ1v) is 5.81. The van der Waals surface area contributed by atoms with Gasteiger partial charge in [-0.3, -0.25) is 0 Å². The van der Waals surface area contributed by atoms with E-state index < -0.39 is 0 Å². The van der Waals surface area contributed by atoms with Crippen molar-refractivity contribution in [3.8, 4) is 0 Å². The maximum absolute atomic E-state index is 5.18. The maximum Gasteiger partial charge on any atom is 0.166 e. The minimum atomic E-state index is 0.467. The molecule has 1 aromatic rings. The number of nitrogens with one attached hydrogen (secondary N) is 2. The van der Waals surface area contributed by atoms with Gasteiger partial charge in [0.25, 0.3) is 0 Å². The van der Waals surface area contributed by atoms with Gasteiger partial charge in [-0.15, -0.1) is 0 Å². The summed E-state index contributed by atoms with van der Waals surface area (Å²) in [5.74, 6) is 0. The first kappa shape index (κ1) is 10.4. The summed E-state index contributed by atoms with van der Waals surface area (Å²) in [7, 11) is 0. The number of rotatable bonds is 2. The van der Waals surface area contributed by atoms with Gasteiger partial charge in [0, 0.05) is 12.6 Å². The number of benzene rings is 1. The highest BCUT2D eigenvalue weighted by molar-refractivity contribution is 7.80. The fourth-order valence-electron chi connectivity index (χ4n) is 2.06. The zero-order chi connectivity index (χ0) is 10.7. The third-order valence-electron chi connectivity index (χ3n) is 2.72. The van der Waals surface area contributed by atoms with Crippen molar-refractivity contribution in [3.05, 3.63) is 35.4 Å². The Morgan fingerprint density at radius 3 is 2.47 bits per heavy atom. The van der Waals surface area contributed by atoms with Crippen molar-refractivity contribution in [1.29, 1.82) is 0 Å². The van der Waals surface area contributed by atoms with Gasteiger partial charge in [0.1, 0.15) is 0 Å². The molecule has 1 aliphatic carbocycles. The van der Waals surface area contributed by atoms with E-state index in [1.165, 1.54) is 11.1 Å². The van der Waals surface area contributed by atoms with Crippen molar-refractivity contribution < 1.29 is 0 Å². The lowest BCUT2D eigenvalue weighted by Crippen LogP contribution is -2.42. The van der Waals surface area contributed by atoms with E-state index in [1.807, 2.05) is 0 Å². The van der Waals surface area contributed by atoms with Gasteiger partial charge in [0.15, 0.2) is 5.11 Å². The first-order valence-electron chi connectivity index (χ1n) is 5.40. The maximum atomic E-state index is 5.18. The smallest absolute Gasteiger partial charge is 0.166 e. The van der Waals surface area contributed by atoms with E-state index in [4.69, 9.17) is 12.2 Å². The van der Waals surface area contributed by atoms with Crippen molar-refractivity contribution >= 4 is 17.3 Å². The van der Waals surface area contributed by atoms with Crippen LogP contribution in [-0.4, -0.2) is 17.7 Å². The predicted molar refractivity (Wildman–Crippen MR) is 67.0 cm³/mol. The lowest BCUT2D eigenvalue weighted by Gasteiger charge is -2.14. The lowest BCUT2D eigenvalue weighted by molar-refractivity contribution is 0.636. The highest BCUT2D eigenvalue weighted by atomic mass is 32.1. The van der Waals surface area contributed by atoms with E-state index in [0.29, 0.717) is 6.04 Å². The minimum Gasteiger partial charge on any atom is -0.363 e. The van der Waals surface area contributed by atoms with Crippen LogP contribution in [0.15, 0.2) is 24.3 Å². The Morgan fingerprint density at radius 2 is 1.93 bits per heavy atom. The molecule has 2 N–H and O–H groups in total. The molecule has 0 aromatic heterocycles. The summed E-state index contributed by atoms with van der Waals surface area (Å²) in [6.45, 7) is 2.93. The van der Waals surface area contributed by atoms with Gasteiger partial charge in [0.2, 0.25) is 0 Å². The molecule has 0 saturated heterocycles. The average molecular weight is 220 g/mol. The molecule has 0 spiro atoms. The summed E-state index contributed by atoms with van der Waals surface area (Å²) in [4.78, 5) is 0. The molecule has 1 aliphatic rings. The predicted octanol–water partition coefficient (Wildman–Crippen LogP) is 1.64. The Bertz CT molecular complexity index is 337. The second kappa shape index (κ2) is 4.62. The summed E-state index contributed by atoms with van der Waals surface area (Å²) in [6, 6.07) is 9.07. The van der Waals surface area contributed by atoms with Crippen LogP contribution in [0.3, 0.4) is 0 Å². The van der Waals surface area contributed by atoms with E-state index in [1.54, 1.807) is 0 Å². The second-order valence-electron chi connectivity index (χ2n) is 3.88. The van der Waals surface area contributed by atoms with Crippen LogP contribution in [-0.2, 0) is 12.8 Å². The van der Waals surface area contributed by atoms with Crippen LogP contribution in [0.5, 0.6) is 0 Å². The van der Waals surface area contributed by atoms with Crippen molar-refractivity contribution in [3.63, 3.8) is 0 Å². The summed E-state index contributed by atoms with van der Waals surface area (Å²) in [6.07, 6.45) is 2.17. The number of hydrogen-bond acceptors (Lipinski definition) is 1. The van der Waals surface area contributed by atoms with E-state index in [2.05, 4.69) is 41.8 Å². The second-order valence-corrected chi connectivity index (χ2v) is 4.29. The molecule has 2 nitrogen and oxygen atoms in total. The van der Waals surface area contributed by atoms with Crippen molar-refractivity contribution in [2.75, 3.05) is 6.54 Å². The summed E-state index contributed by atoms with van der Waals surface area (Å²) in [5.41, 5.74) is 2.91. The standard InChI is InChI=1S/C12H16N2S/c1-2-13-12(15)14-11-7-9-5-3-4-6-10(9)8-11/h3-6,11H,2,7-8H2,1H3,(H2,13,14,15). The van der Waals surface area contributed by atoms with E-state index in [-0.39, 0.29) is 0 Å². The Kier molecular flexibility index (Phi) is 3.21. The third-order valence-corrected chi connectivity index (χ3v) is 2.99. The minimum absolute atomic E-state index is 0.467. The Morgan fingerprint density at radius 1 is 1.33 bits per heavy atom. The molecule has 15 heavy (non-hydrogen) atoms. The molecule has 0 heterocycles. The van der Waals surface area contributed by atoms with Crippen LogP contribution in [0.4, 0.5) is 0 Å². The largest absolute Gasteiger partial charge is 0.363 e. The number of fused-ring (bicyclic) bond motifs is 1. The number of hydrogen-bond donors (Lipinski definition) is 2. The van der Waals surface area contributed by atoms with Gasteiger partial charge < -0.3 is 10.6 Å². The SMILES string of the molecule is CCNC(=S)NC1Cc2ccccc2C1. The zero-order valence-corrected chi connectivity index (χ0v) is 9.73. The van der Waals surface area contributed by atoms with Crippen molar-refractivity contribution in [1.82, 2.24) is 10.6 Å².